The number of hydrogen-bond donors (Lipinski definition) is 0. The van der Waals surface area contributed by atoms with E-state index >= 15 is 0 Å². The van der Waals surface area contributed by atoms with Gasteiger partial charge in [0.25, 0.3) is 0 Å². The summed E-state index contributed by atoms with van der Waals surface area (Å²) >= 11 is 0. The van der Waals surface area contributed by atoms with E-state index in [0.29, 0.717) is 11.8 Å². The SMILES string of the molecule is C1=C(N(c2ccc3c(c2)C24c5cc(C6CCCCC6)ccc5Oc5ccc(C6CCCCC6)c(c52)-c2cccc-3c24)c2cccc3oc4ccccc4c23)CCC2=C1C1(c3ccccc3Oc3ccccc31)c1ccccc12. The first kappa shape index (κ1) is 43.7. The number of nitrogens with zero attached hydrogens (tertiary/aromatic N) is 1. The van der Waals surface area contributed by atoms with Gasteiger partial charge in [0.1, 0.15) is 34.2 Å². The van der Waals surface area contributed by atoms with E-state index in [2.05, 4.69) is 193 Å². The lowest BCUT2D eigenvalue weighted by Gasteiger charge is -2.41. The Balaban J connectivity index is 0.921. The summed E-state index contributed by atoms with van der Waals surface area (Å²) < 4.78 is 20.9. The Morgan fingerprint density at radius 1 is 0.436 bits per heavy atom. The van der Waals surface area contributed by atoms with Crippen LogP contribution in [0.4, 0.5) is 11.4 Å². The molecule has 78 heavy (non-hydrogen) atoms. The summed E-state index contributed by atoms with van der Waals surface area (Å²) in [6.07, 6.45) is 17.1. The van der Waals surface area contributed by atoms with Crippen molar-refractivity contribution in [3.63, 3.8) is 0 Å². The van der Waals surface area contributed by atoms with Gasteiger partial charge in [-0.05, 0) is 178 Å². The average molecular weight is 1010 g/mol. The van der Waals surface area contributed by atoms with E-state index < -0.39 is 10.8 Å². The Kier molecular flexibility index (Phi) is 9.03. The summed E-state index contributed by atoms with van der Waals surface area (Å²) in [7, 11) is 0. The molecule has 2 aliphatic heterocycles. The van der Waals surface area contributed by atoms with Gasteiger partial charge in [0.05, 0.1) is 21.9 Å². The number of allylic oxidation sites excluding steroid dienone is 4. The van der Waals surface area contributed by atoms with Crippen LogP contribution < -0.4 is 14.4 Å². The zero-order chi connectivity index (χ0) is 50.8. The molecular formula is C74H57NO3. The maximum atomic E-state index is 7.30. The van der Waals surface area contributed by atoms with Crippen molar-refractivity contribution in [1.82, 2.24) is 0 Å². The molecule has 0 saturated heterocycles. The van der Waals surface area contributed by atoms with Crippen molar-refractivity contribution < 1.29 is 13.9 Å². The molecule has 4 heteroatoms. The maximum Gasteiger partial charge on any atom is 0.137 e. The van der Waals surface area contributed by atoms with Crippen molar-refractivity contribution in [3.8, 4) is 45.3 Å². The number of fused-ring (bicyclic) bond motifs is 15. The van der Waals surface area contributed by atoms with E-state index in [-0.39, 0.29) is 0 Å². The summed E-state index contributed by atoms with van der Waals surface area (Å²) in [5, 5.41) is 2.25. The molecule has 2 saturated carbocycles. The fourth-order valence-electron chi connectivity index (χ4n) is 17.0. The van der Waals surface area contributed by atoms with Crippen LogP contribution in [-0.4, -0.2) is 0 Å². The lowest BCUT2D eigenvalue weighted by Crippen LogP contribution is -2.33. The highest BCUT2D eigenvalue weighted by molar-refractivity contribution is 6.13. The minimum absolute atomic E-state index is 0.532. The van der Waals surface area contributed by atoms with Crippen LogP contribution in [0, 0.1) is 0 Å². The van der Waals surface area contributed by atoms with Gasteiger partial charge in [-0.3, -0.25) is 0 Å². The fourth-order valence-corrected chi connectivity index (χ4v) is 17.0. The van der Waals surface area contributed by atoms with Crippen LogP contribution in [0.25, 0.3) is 49.8 Å². The van der Waals surface area contributed by atoms with Gasteiger partial charge in [-0.25, -0.2) is 0 Å². The molecule has 1 aromatic heterocycles. The van der Waals surface area contributed by atoms with Crippen LogP contribution in [0.1, 0.15) is 145 Å². The third-order valence-electron chi connectivity index (χ3n) is 20.0. The third-order valence-corrected chi connectivity index (χ3v) is 20.0. The van der Waals surface area contributed by atoms with Gasteiger partial charge < -0.3 is 18.8 Å². The van der Waals surface area contributed by atoms with Crippen LogP contribution >= 0.6 is 0 Å². The Bertz CT molecular complexity index is 4280. The van der Waals surface area contributed by atoms with Crippen molar-refractivity contribution in [1.29, 1.82) is 0 Å². The van der Waals surface area contributed by atoms with E-state index in [4.69, 9.17) is 13.9 Å². The van der Waals surface area contributed by atoms with Gasteiger partial charge in [-0.1, -0.05) is 166 Å². The summed E-state index contributed by atoms with van der Waals surface area (Å²) in [6, 6.07) is 68.9. The molecule has 0 N–H and O–H groups in total. The number of ether oxygens (including phenoxy) is 2. The van der Waals surface area contributed by atoms with E-state index in [1.807, 2.05) is 0 Å². The van der Waals surface area contributed by atoms with E-state index in [9.17, 15) is 0 Å². The minimum atomic E-state index is -0.583. The highest BCUT2D eigenvalue weighted by atomic mass is 16.5. The largest absolute Gasteiger partial charge is 0.457 e. The van der Waals surface area contributed by atoms with Crippen LogP contribution in [0.2, 0.25) is 0 Å². The summed E-state index contributed by atoms with van der Waals surface area (Å²) in [5.74, 6) is 4.90. The molecular weight excluding hydrogens is 951 g/mol. The molecule has 1 atom stereocenters. The Morgan fingerprint density at radius 2 is 1.10 bits per heavy atom. The van der Waals surface area contributed by atoms with Crippen LogP contribution in [-0.2, 0) is 10.8 Å². The molecule has 0 radical (unpaired) electrons. The molecule has 10 aromatic rings. The Hall–Kier alpha value is -8.34. The monoisotopic (exact) mass is 1010 g/mol. The fraction of sp³-hybridized carbons (Fsp3) is 0.216. The standard InChI is InChI=1S/C74H57NO3/c1-3-17-44(18-4-1)46-33-39-66-61(41-46)74-60-43-48(35-37-52(60)53-23-15-24-55(71(53)74)69-49(45-19-5-2-6-20-45)38-40-68(78-66)72(69)74)75(62-28-16-32-67-70(62)54-22-8-12-29-63(54)76-67)47-34-36-51-50-21-7-9-25-56(50)73(59(51)42-47)57-26-10-13-30-64(57)77-65-31-14-11-27-58(65)73/h7-16,21-33,35,37-45H,1-6,17-20,34,36H2. The molecule has 4 nitrogen and oxygen atoms in total. The second-order valence-corrected chi connectivity index (χ2v) is 23.6. The second-order valence-electron chi connectivity index (χ2n) is 23.6. The molecule has 1 unspecified atom stereocenters. The molecule has 2 fully saturated rings. The van der Waals surface area contributed by atoms with Crippen molar-refractivity contribution >= 4 is 38.9 Å². The van der Waals surface area contributed by atoms with Gasteiger partial charge in [0.15, 0.2) is 0 Å². The van der Waals surface area contributed by atoms with Crippen LogP contribution in [0.15, 0.2) is 204 Å². The number of rotatable bonds is 5. The van der Waals surface area contributed by atoms with Gasteiger partial charge in [-0.2, -0.15) is 0 Å². The zero-order valence-electron chi connectivity index (χ0n) is 43.7. The zero-order valence-corrected chi connectivity index (χ0v) is 43.7. The third kappa shape index (κ3) is 5.60. The molecule has 0 amide bonds. The van der Waals surface area contributed by atoms with Crippen molar-refractivity contribution in [2.45, 2.75) is 99.7 Å². The predicted molar refractivity (Wildman–Crippen MR) is 314 cm³/mol. The smallest absolute Gasteiger partial charge is 0.137 e. The molecule has 0 bridgehead atoms. The van der Waals surface area contributed by atoms with Crippen molar-refractivity contribution in [2.24, 2.45) is 0 Å². The summed E-state index contributed by atoms with van der Waals surface area (Å²) in [6.45, 7) is 0. The number of anilines is 2. The van der Waals surface area contributed by atoms with Gasteiger partial charge >= 0.3 is 0 Å². The molecule has 2 spiro atoms. The Morgan fingerprint density at radius 3 is 1.94 bits per heavy atom. The lowest BCUT2D eigenvalue weighted by molar-refractivity contribution is 0.427. The topological polar surface area (TPSA) is 34.8 Å². The van der Waals surface area contributed by atoms with Crippen LogP contribution in [0.3, 0.4) is 0 Å². The molecule has 6 aliphatic carbocycles. The highest BCUT2D eigenvalue weighted by Gasteiger charge is 2.59. The number of para-hydroxylation sites is 3. The first-order valence-electron chi connectivity index (χ1n) is 29.1. The van der Waals surface area contributed by atoms with Gasteiger partial charge in [0, 0.05) is 39.0 Å². The lowest BCUT2D eigenvalue weighted by atomic mass is 9.64. The number of hydrogen-bond acceptors (Lipinski definition) is 4. The second kappa shape index (κ2) is 16.1. The maximum absolute atomic E-state index is 7.30. The normalized spacial score (nSPS) is 19.7. The number of furan rings is 1. The van der Waals surface area contributed by atoms with Crippen molar-refractivity contribution in [3.05, 3.63) is 255 Å². The van der Waals surface area contributed by atoms with Gasteiger partial charge in [-0.15, -0.1) is 0 Å². The predicted octanol–water partition coefficient (Wildman–Crippen LogP) is 19.9. The van der Waals surface area contributed by atoms with E-state index in [1.165, 1.54) is 159 Å². The summed E-state index contributed by atoms with van der Waals surface area (Å²) in [4.78, 5) is 2.64. The first-order chi connectivity index (χ1) is 38.7. The molecule has 18 rings (SSSR count). The highest BCUT2D eigenvalue weighted by Crippen LogP contribution is 2.71. The van der Waals surface area contributed by atoms with Gasteiger partial charge in [0.2, 0.25) is 0 Å². The Labute approximate surface area is 455 Å². The summed E-state index contributed by atoms with van der Waals surface area (Å²) in [5.41, 5.74) is 25.9. The first-order valence-corrected chi connectivity index (χ1v) is 29.1. The van der Waals surface area contributed by atoms with E-state index in [0.717, 1.165) is 69.2 Å². The molecule has 376 valence electrons. The average Bonchev–Trinajstić information content (AvgIpc) is 2.50. The molecule has 9 aromatic carbocycles. The van der Waals surface area contributed by atoms with Crippen LogP contribution in [0.5, 0.6) is 23.0 Å². The minimum Gasteiger partial charge on any atom is -0.457 e. The van der Waals surface area contributed by atoms with Crippen molar-refractivity contribution in [2.75, 3.05) is 4.90 Å². The number of benzene rings is 9. The molecule has 8 aliphatic rings. The van der Waals surface area contributed by atoms with E-state index in [1.54, 1.807) is 0 Å². The molecule has 3 heterocycles. The quantitative estimate of drug-likeness (QED) is 0.172.